The third kappa shape index (κ3) is 3.34. The summed E-state index contributed by atoms with van der Waals surface area (Å²) in [5.74, 6) is -3.75. The molecule has 0 fully saturated rings. The summed E-state index contributed by atoms with van der Waals surface area (Å²) in [6.07, 6.45) is -11.4. The number of esters is 1. The smallest absolute Gasteiger partial charge is 0.406 e. The standard InChI is InChI=1S/C8H7F7O2/c1-4(9)5(16)17-3-6(2,7(10,11)12)8(13,14)15/h1,3H2,2H3. The molecule has 17 heavy (non-hydrogen) atoms. The Bertz CT molecular complexity index is 301. The van der Waals surface area contributed by atoms with Crippen molar-refractivity contribution in [1.82, 2.24) is 0 Å². The molecular formula is C8H7F7O2. The molecule has 0 saturated heterocycles. The highest BCUT2D eigenvalue weighted by molar-refractivity contribution is 5.85. The number of halogens is 7. The number of carbonyl (C=O) groups is 1. The highest BCUT2D eigenvalue weighted by Gasteiger charge is 2.68. The first-order valence-electron chi connectivity index (χ1n) is 3.98. The minimum Gasteiger partial charge on any atom is -0.459 e. The van der Waals surface area contributed by atoms with Crippen molar-refractivity contribution in [1.29, 1.82) is 0 Å². The summed E-state index contributed by atoms with van der Waals surface area (Å²) in [6, 6.07) is 0. The van der Waals surface area contributed by atoms with Crippen LogP contribution in [0.2, 0.25) is 0 Å². The summed E-state index contributed by atoms with van der Waals surface area (Å²) < 4.78 is 88.9. The minimum absolute atomic E-state index is 0.193. The van der Waals surface area contributed by atoms with E-state index in [9.17, 15) is 35.5 Å². The van der Waals surface area contributed by atoms with Crippen LogP contribution in [0.3, 0.4) is 0 Å². The van der Waals surface area contributed by atoms with Crippen LogP contribution in [0.25, 0.3) is 0 Å². The van der Waals surface area contributed by atoms with E-state index in [0.717, 1.165) is 0 Å². The second kappa shape index (κ2) is 4.53. The quantitative estimate of drug-likeness (QED) is 0.446. The fraction of sp³-hybridized carbons (Fsp3) is 0.625. The van der Waals surface area contributed by atoms with Gasteiger partial charge in [-0.25, -0.2) is 4.79 Å². The third-order valence-corrected chi connectivity index (χ3v) is 1.96. The van der Waals surface area contributed by atoms with Crippen molar-refractivity contribution in [2.75, 3.05) is 6.61 Å². The van der Waals surface area contributed by atoms with E-state index in [2.05, 4.69) is 11.3 Å². The Morgan fingerprint density at radius 3 is 1.71 bits per heavy atom. The highest BCUT2D eigenvalue weighted by Crippen LogP contribution is 2.50. The molecule has 0 N–H and O–H groups in total. The first-order valence-corrected chi connectivity index (χ1v) is 3.98. The van der Waals surface area contributed by atoms with Gasteiger partial charge in [-0.1, -0.05) is 6.58 Å². The van der Waals surface area contributed by atoms with Crippen LogP contribution in [0.15, 0.2) is 12.4 Å². The molecule has 0 spiro atoms. The minimum atomic E-state index is -5.69. The van der Waals surface area contributed by atoms with Crippen LogP contribution < -0.4 is 0 Å². The topological polar surface area (TPSA) is 26.3 Å². The van der Waals surface area contributed by atoms with Crippen molar-refractivity contribution in [2.45, 2.75) is 19.3 Å². The van der Waals surface area contributed by atoms with Crippen molar-refractivity contribution in [3.8, 4) is 0 Å². The average Bonchev–Trinajstić information content (AvgIpc) is 2.09. The molecule has 0 heterocycles. The lowest BCUT2D eigenvalue weighted by atomic mass is 9.90. The van der Waals surface area contributed by atoms with E-state index in [1.807, 2.05) is 0 Å². The zero-order valence-electron chi connectivity index (χ0n) is 8.38. The molecular weight excluding hydrogens is 261 g/mol. The van der Waals surface area contributed by atoms with Crippen molar-refractivity contribution in [3.05, 3.63) is 12.4 Å². The number of hydrogen-bond donors (Lipinski definition) is 0. The number of ether oxygens (including phenoxy) is 1. The zero-order chi connectivity index (χ0) is 14.1. The second-order valence-electron chi connectivity index (χ2n) is 3.31. The number of rotatable bonds is 3. The molecule has 0 aromatic heterocycles. The molecule has 2 nitrogen and oxygen atoms in total. The van der Waals surface area contributed by atoms with Gasteiger partial charge >= 0.3 is 18.3 Å². The summed E-state index contributed by atoms with van der Waals surface area (Å²) >= 11 is 0. The van der Waals surface area contributed by atoms with Crippen LogP contribution in [0.1, 0.15) is 6.92 Å². The van der Waals surface area contributed by atoms with E-state index in [-0.39, 0.29) is 6.92 Å². The molecule has 0 saturated carbocycles. The molecule has 0 aliphatic rings. The lowest BCUT2D eigenvalue weighted by Crippen LogP contribution is -2.51. The molecule has 0 aliphatic heterocycles. The van der Waals surface area contributed by atoms with Gasteiger partial charge in [-0.05, 0) is 6.92 Å². The van der Waals surface area contributed by atoms with Gasteiger partial charge in [0, 0.05) is 0 Å². The molecule has 0 aromatic rings. The molecule has 0 amide bonds. The van der Waals surface area contributed by atoms with Crippen molar-refractivity contribution in [2.24, 2.45) is 5.41 Å². The van der Waals surface area contributed by atoms with Gasteiger partial charge in [-0.15, -0.1) is 0 Å². The zero-order valence-corrected chi connectivity index (χ0v) is 8.38. The Morgan fingerprint density at radius 2 is 1.47 bits per heavy atom. The van der Waals surface area contributed by atoms with Crippen LogP contribution in [-0.4, -0.2) is 24.9 Å². The van der Waals surface area contributed by atoms with E-state index in [4.69, 9.17) is 0 Å². The predicted octanol–water partition coefficient (Wildman–Crippen LogP) is 3.14. The third-order valence-electron chi connectivity index (χ3n) is 1.96. The van der Waals surface area contributed by atoms with Crippen molar-refractivity contribution >= 4 is 5.97 Å². The summed E-state index contributed by atoms with van der Waals surface area (Å²) in [5.41, 5.74) is -4.26. The van der Waals surface area contributed by atoms with Gasteiger partial charge in [0.1, 0.15) is 6.61 Å². The largest absolute Gasteiger partial charge is 0.459 e. The van der Waals surface area contributed by atoms with E-state index in [0.29, 0.717) is 0 Å². The van der Waals surface area contributed by atoms with Crippen LogP contribution in [0.5, 0.6) is 0 Å². The first-order chi connectivity index (χ1) is 7.33. The van der Waals surface area contributed by atoms with Gasteiger partial charge in [0.2, 0.25) is 5.83 Å². The van der Waals surface area contributed by atoms with Gasteiger partial charge in [-0.2, -0.15) is 30.7 Å². The average molecular weight is 268 g/mol. The fourth-order valence-electron chi connectivity index (χ4n) is 0.613. The van der Waals surface area contributed by atoms with E-state index in [1.54, 1.807) is 0 Å². The second-order valence-corrected chi connectivity index (χ2v) is 3.31. The Hall–Kier alpha value is -1.28. The molecule has 9 heteroatoms. The molecule has 0 radical (unpaired) electrons. The SMILES string of the molecule is C=C(F)C(=O)OCC(C)(C(F)(F)F)C(F)(F)F. The van der Waals surface area contributed by atoms with Crippen molar-refractivity contribution < 1.29 is 40.3 Å². The maximum absolute atomic E-state index is 12.2. The van der Waals surface area contributed by atoms with E-state index >= 15 is 0 Å². The van der Waals surface area contributed by atoms with Gasteiger partial charge in [-0.3, -0.25) is 0 Å². The molecule has 100 valence electrons. The maximum Gasteiger partial charge on any atom is 0.406 e. The molecule has 0 aromatic carbocycles. The molecule has 0 atom stereocenters. The molecule has 0 bridgehead atoms. The predicted molar refractivity (Wildman–Crippen MR) is 41.4 cm³/mol. The summed E-state index contributed by atoms with van der Waals surface area (Å²) in [5, 5.41) is 0. The molecule has 0 aliphatic carbocycles. The lowest BCUT2D eigenvalue weighted by Gasteiger charge is -2.32. The maximum atomic E-state index is 12.2. The van der Waals surface area contributed by atoms with Crippen LogP contribution in [0.4, 0.5) is 30.7 Å². The number of hydrogen-bond acceptors (Lipinski definition) is 2. The van der Waals surface area contributed by atoms with Crippen molar-refractivity contribution in [3.63, 3.8) is 0 Å². The van der Waals surface area contributed by atoms with E-state index < -0.39 is 36.2 Å². The fourth-order valence-corrected chi connectivity index (χ4v) is 0.613. The summed E-state index contributed by atoms with van der Waals surface area (Å²) in [7, 11) is 0. The highest BCUT2D eigenvalue weighted by atomic mass is 19.4. The van der Waals surface area contributed by atoms with E-state index in [1.165, 1.54) is 0 Å². The number of carbonyl (C=O) groups excluding carboxylic acids is 1. The van der Waals surface area contributed by atoms with Crippen LogP contribution in [-0.2, 0) is 9.53 Å². The first kappa shape index (κ1) is 15.7. The normalized spacial score (nSPS) is 13.4. The van der Waals surface area contributed by atoms with Gasteiger partial charge in [0.25, 0.3) is 0 Å². The lowest BCUT2D eigenvalue weighted by molar-refractivity contribution is -0.342. The Kier molecular flexibility index (Phi) is 4.19. The number of alkyl halides is 6. The van der Waals surface area contributed by atoms with Gasteiger partial charge < -0.3 is 4.74 Å². The Balaban J connectivity index is 5.01. The summed E-state index contributed by atoms with van der Waals surface area (Å²) in [4.78, 5) is 10.4. The molecule has 0 rings (SSSR count). The van der Waals surface area contributed by atoms with Crippen LogP contribution in [0, 0.1) is 5.41 Å². The summed E-state index contributed by atoms with van der Waals surface area (Å²) in [6.45, 7) is 0.116. The Labute approximate surface area is 91.0 Å². The molecule has 0 unspecified atom stereocenters. The van der Waals surface area contributed by atoms with Gasteiger partial charge in [0.15, 0.2) is 5.41 Å². The van der Waals surface area contributed by atoms with Crippen LogP contribution >= 0.6 is 0 Å². The van der Waals surface area contributed by atoms with Gasteiger partial charge in [0.05, 0.1) is 0 Å². The monoisotopic (exact) mass is 268 g/mol. The Morgan fingerprint density at radius 1 is 1.12 bits per heavy atom.